The highest BCUT2D eigenvalue weighted by molar-refractivity contribution is 6.13. The first-order valence-electron chi connectivity index (χ1n) is 17.3. The number of fused-ring (bicyclic) bond motifs is 3. The minimum atomic E-state index is 0.737. The van der Waals surface area contributed by atoms with Crippen molar-refractivity contribution in [1.29, 1.82) is 0 Å². The number of hydrogen-bond donors (Lipinski definition) is 0. The predicted octanol–water partition coefficient (Wildman–Crippen LogP) is 12.0. The van der Waals surface area contributed by atoms with Gasteiger partial charge in [0.25, 0.3) is 0 Å². The molecule has 0 bridgehead atoms. The zero-order valence-electron chi connectivity index (χ0n) is 27.8. The summed E-state index contributed by atoms with van der Waals surface area (Å²) in [5.74, 6) is 0.737. The molecule has 0 atom stereocenters. The summed E-state index contributed by atoms with van der Waals surface area (Å²) >= 11 is 0. The molecule has 234 valence electrons. The van der Waals surface area contributed by atoms with Crippen molar-refractivity contribution >= 4 is 21.8 Å². The maximum absolute atomic E-state index is 5.07. The third-order valence-electron chi connectivity index (χ3n) is 9.36. The van der Waals surface area contributed by atoms with Crippen molar-refractivity contribution in [1.82, 2.24) is 14.5 Å². The van der Waals surface area contributed by atoms with Gasteiger partial charge in [0.05, 0.1) is 16.9 Å². The van der Waals surface area contributed by atoms with Gasteiger partial charge in [-0.15, -0.1) is 0 Å². The molecule has 0 unspecified atom stereocenters. The van der Waals surface area contributed by atoms with E-state index in [0.29, 0.717) is 0 Å². The van der Waals surface area contributed by atoms with Crippen LogP contribution in [0, 0.1) is 0 Å². The fraction of sp³-hybridized carbons (Fsp3) is 0.227. The molecular formula is C44H43N3. The quantitative estimate of drug-likeness (QED) is 0.145. The van der Waals surface area contributed by atoms with E-state index in [0.717, 1.165) is 53.3 Å². The standard InChI is InChI=1S/C44H43N3/c1-4-7-15-31-21-26-42-38(27-31)39-29-32(16-8-5-2)28-37(43(39)47(42)6-3)33-22-24-36(25-23-33)44-45-40(34-17-11-9-12-18-34)30-41(46-44)35-19-13-10-14-20-35/h9-14,17-30H,4-8,15-16H2,1-3H3. The summed E-state index contributed by atoms with van der Waals surface area (Å²) in [6.07, 6.45) is 7.04. The van der Waals surface area contributed by atoms with Gasteiger partial charge in [-0.05, 0) is 79.6 Å². The molecule has 0 saturated carbocycles. The van der Waals surface area contributed by atoms with Crippen molar-refractivity contribution < 1.29 is 0 Å². The Morgan fingerprint density at radius 2 is 1.09 bits per heavy atom. The Kier molecular flexibility index (Phi) is 8.97. The molecular weight excluding hydrogens is 571 g/mol. The average Bonchev–Trinajstić information content (AvgIpc) is 3.46. The second kappa shape index (κ2) is 13.8. The van der Waals surface area contributed by atoms with E-state index in [1.165, 1.54) is 69.7 Å². The van der Waals surface area contributed by atoms with E-state index in [9.17, 15) is 0 Å². The lowest BCUT2D eigenvalue weighted by molar-refractivity contribution is 0.794. The first-order chi connectivity index (χ1) is 23.2. The van der Waals surface area contributed by atoms with E-state index < -0.39 is 0 Å². The molecule has 7 rings (SSSR count). The van der Waals surface area contributed by atoms with Crippen molar-refractivity contribution in [3.05, 3.63) is 132 Å². The molecule has 0 N–H and O–H groups in total. The van der Waals surface area contributed by atoms with Crippen LogP contribution in [-0.2, 0) is 19.4 Å². The number of hydrogen-bond acceptors (Lipinski definition) is 2. The number of aromatic nitrogens is 3. The van der Waals surface area contributed by atoms with Gasteiger partial charge < -0.3 is 4.57 Å². The lowest BCUT2D eigenvalue weighted by atomic mass is 9.95. The summed E-state index contributed by atoms with van der Waals surface area (Å²) in [4.78, 5) is 10.1. The van der Waals surface area contributed by atoms with Gasteiger partial charge in [-0.25, -0.2) is 9.97 Å². The molecule has 0 saturated heterocycles. The van der Waals surface area contributed by atoms with Crippen molar-refractivity contribution in [2.45, 2.75) is 65.8 Å². The van der Waals surface area contributed by atoms with Gasteiger partial charge >= 0.3 is 0 Å². The summed E-state index contributed by atoms with van der Waals surface area (Å²) < 4.78 is 2.51. The molecule has 0 radical (unpaired) electrons. The van der Waals surface area contributed by atoms with Crippen molar-refractivity contribution in [3.63, 3.8) is 0 Å². The van der Waals surface area contributed by atoms with Crippen molar-refractivity contribution in [2.24, 2.45) is 0 Å². The lowest BCUT2D eigenvalue weighted by Crippen LogP contribution is -1.97. The zero-order valence-corrected chi connectivity index (χ0v) is 27.8. The van der Waals surface area contributed by atoms with Crippen LogP contribution in [0.15, 0.2) is 121 Å². The largest absolute Gasteiger partial charge is 0.340 e. The van der Waals surface area contributed by atoms with Crippen molar-refractivity contribution in [2.75, 3.05) is 0 Å². The van der Waals surface area contributed by atoms with E-state index in [1.807, 2.05) is 12.1 Å². The highest BCUT2D eigenvalue weighted by atomic mass is 15.0. The number of unbranched alkanes of at least 4 members (excludes halogenated alkanes) is 2. The van der Waals surface area contributed by atoms with Crippen LogP contribution < -0.4 is 0 Å². The second-order valence-corrected chi connectivity index (χ2v) is 12.6. The van der Waals surface area contributed by atoms with Gasteiger partial charge in [0.2, 0.25) is 0 Å². The topological polar surface area (TPSA) is 30.7 Å². The number of benzene rings is 5. The summed E-state index contributed by atoms with van der Waals surface area (Å²) in [6, 6.07) is 43.8. The molecule has 2 aromatic heterocycles. The number of rotatable bonds is 11. The molecule has 7 aromatic rings. The van der Waals surface area contributed by atoms with E-state index in [4.69, 9.17) is 9.97 Å². The molecule has 0 aliphatic carbocycles. The molecule has 2 heterocycles. The van der Waals surface area contributed by atoms with Gasteiger partial charge in [-0.3, -0.25) is 0 Å². The lowest BCUT2D eigenvalue weighted by Gasteiger charge is -2.13. The maximum atomic E-state index is 5.07. The van der Waals surface area contributed by atoms with Crippen LogP contribution in [0.4, 0.5) is 0 Å². The fourth-order valence-electron chi connectivity index (χ4n) is 6.84. The van der Waals surface area contributed by atoms with E-state index >= 15 is 0 Å². The third kappa shape index (κ3) is 6.23. The highest BCUT2D eigenvalue weighted by Gasteiger charge is 2.17. The second-order valence-electron chi connectivity index (χ2n) is 12.6. The number of nitrogens with zero attached hydrogens (tertiary/aromatic N) is 3. The molecule has 3 nitrogen and oxygen atoms in total. The Hall–Kier alpha value is -5.02. The van der Waals surface area contributed by atoms with Crippen LogP contribution in [0.5, 0.6) is 0 Å². The first kappa shape index (κ1) is 30.6. The molecule has 3 heteroatoms. The van der Waals surface area contributed by atoms with E-state index in [1.54, 1.807) is 0 Å². The summed E-state index contributed by atoms with van der Waals surface area (Å²) in [6.45, 7) is 7.74. The maximum Gasteiger partial charge on any atom is 0.160 e. The summed E-state index contributed by atoms with van der Waals surface area (Å²) in [7, 11) is 0. The number of aryl methyl sites for hydroxylation is 3. The van der Waals surface area contributed by atoms with Crippen LogP contribution in [0.2, 0.25) is 0 Å². The fourth-order valence-corrected chi connectivity index (χ4v) is 6.84. The molecule has 0 amide bonds. The monoisotopic (exact) mass is 613 g/mol. The summed E-state index contributed by atoms with van der Waals surface area (Å²) in [5.41, 5.74) is 13.1. The first-order valence-corrected chi connectivity index (χ1v) is 17.3. The normalized spacial score (nSPS) is 11.5. The smallest absolute Gasteiger partial charge is 0.160 e. The zero-order chi connectivity index (χ0) is 32.2. The molecule has 47 heavy (non-hydrogen) atoms. The Balaban J connectivity index is 1.36. The third-order valence-corrected chi connectivity index (χ3v) is 9.36. The van der Waals surface area contributed by atoms with Crippen LogP contribution in [0.3, 0.4) is 0 Å². The SMILES string of the molecule is CCCCc1ccc2c(c1)c1cc(CCCC)cc(-c3ccc(-c4nc(-c5ccccc5)cc(-c5ccccc5)n4)cc3)c1n2CC. The van der Waals surface area contributed by atoms with Gasteiger partial charge in [-0.2, -0.15) is 0 Å². The average molecular weight is 614 g/mol. The van der Waals surface area contributed by atoms with Crippen LogP contribution in [0.25, 0.3) is 66.8 Å². The van der Waals surface area contributed by atoms with E-state index in [2.05, 4.69) is 135 Å². The van der Waals surface area contributed by atoms with Gasteiger partial charge in [0, 0.05) is 45.1 Å². The minimum Gasteiger partial charge on any atom is -0.340 e. The van der Waals surface area contributed by atoms with Crippen LogP contribution in [-0.4, -0.2) is 14.5 Å². The molecule has 0 aliphatic heterocycles. The minimum absolute atomic E-state index is 0.737. The predicted molar refractivity (Wildman–Crippen MR) is 200 cm³/mol. The molecule has 0 spiro atoms. The Bertz CT molecular complexity index is 2070. The molecule has 5 aromatic carbocycles. The molecule has 0 fully saturated rings. The van der Waals surface area contributed by atoms with E-state index in [-0.39, 0.29) is 0 Å². The Morgan fingerprint density at radius 3 is 1.68 bits per heavy atom. The Morgan fingerprint density at radius 1 is 0.511 bits per heavy atom. The summed E-state index contributed by atoms with van der Waals surface area (Å²) in [5, 5.41) is 2.76. The highest BCUT2D eigenvalue weighted by Crippen LogP contribution is 2.39. The van der Waals surface area contributed by atoms with Gasteiger partial charge in [0.15, 0.2) is 5.82 Å². The van der Waals surface area contributed by atoms with Gasteiger partial charge in [-0.1, -0.05) is 118 Å². The molecule has 0 aliphatic rings. The Labute approximate surface area is 279 Å². The van der Waals surface area contributed by atoms with Crippen LogP contribution in [0.1, 0.15) is 57.6 Å². The van der Waals surface area contributed by atoms with Crippen molar-refractivity contribution in [3.8, 4) is 45.0 Å². The van der Waals surface area contributed by atoms with Gasteiger partial charge in [0.1, 0.15) is 0 Å². The van der Waals surface area contributed by atoms with Crippen LogP contribution >= 0.6 is 0 Å².